The zero-order valence-electron chi connectivity index (χ0n) is 8.61. The average molecular weight is 259 g/mol. The van der Waals surface area contributed by atoms with Crippen LogP contribution < -0.4 is 5.11 Å². The molecule has 1 aliphatic rings. The molecule has 0 saturated carbocycles. The molecule has 0 amide bonds. The first-order valence-corrected chi connectivity index (χ1v) is 4.73. The molecule has 1 aliphatic carbocycles. The molecular weight excluding hydrogens is 255 g/mol. The average Bonchev–Trinajstić information content (AvgIpc) is 2.88. The largest absolute Gasteiger partial charge is 0.872 e. The van der Waals surface area contributed by atoms with Crippen molar-refractivity contribution in [3.05, 3.63) is 64.5 Å². The molecule has 0 aliphatic heterocycles. The van der Waals surface area contributed by atoms with Gasteiger partial charge in [0.15, 0.2) is 23.3 Å². The highest BCUT2D eigenvalue weighted by Gasteiger charge is 2.25. The highest BCUT2D eigenvalue weighted by molar-refractivity contribution is 5.68. The Bertz CT molecular complexity index is 570. The zero-order valence-corrected chi connectivity index (χ0v) is 8.61. The lowest BCUT2D eigenvalue weighted by molar-refractivity contribution is -0.245. The normalized spacial score (nSPS) is 13.5. The third kappa shape index (κ3) is 1.70. The van der Waals surface area contributed by atoms with Crippen molar-refractivity contribution in [1.29, 1.82) is 0 Å². The Labute approximate surface area is 98.2 Å². The minimum atomic E-state index is -2.29. The van der Waals surface area contributed by atoms with Gasteiger partial charge >= 0.3 is 0 Å². The number of allylic oxidation sites excluding steroid dienone is 5. The van der Waals surface area contributed by atoms with Gasteiger partial charge in [-0.15, -0.1) is 0 Å². The van der Waals surface area contributed by atoms with Crippen molar-refractivity contribution < 1.29 is 27.1 Å². The topological polar surface area (TPSA) is 23.1 Å². The minimum absolute atomic E-state index is 0.154. The van der Waals surface area contributed by atoms with Crippen molar-refractivity contribution >= 4 is 5.76 Å². The van der Waals surface area contributed by atoms with Crippen LogP contribution in [0.4, 0.5) is 22.0 Å². The van der Waals surface area contributed by atoms with E-state index >= 15 is 0 Å². The highest BCUT2D eigenvalue weighted by atomic mass is 19.2. The maximum absolute atomic E-state index is 13.3. The van der Waals surface area contributed by atoms with Crippen molar-refractivity contribution in [2.45, 2.75) is 0 Å². The summed E-state index contributed by atoms with van der Waals surface area (Å²) in [5, 5.41) is 11.6. The van der Waals surface area contributed by atoms with Crippen molar-refractivity contribution in [2.75, 3.05) is 0 Å². The third-order valence-electron chi connectivity index (χ3n) is 2.36. The smallest absolute Gasteiger partial charge is 0.200 e. The van der Waals surface area contributed by atoms with E-state index in [9.17, 15) is 27.1 Å². The van der Waals surface area contributed by atoms with Gasteiger partial charge in [-0.1, -0.05) is 30.1 Å². The zero-order chi connectivity index (χ0) is 13.4. The van der Waals surface area contributed by atoms with Gasteiger partial charge in [0.05, 0.1) is 0 Å². The van der Waals surface area contributed by atoms with Crippen LogP contribution in [0.25, 0.3) is 5.76 Å². The standard InChI is InChI=1S/C12H5F5O/c13-7-6(12(18)5-3-1-2-4-5)8(14)10(16)11(17)9(7)15/h1-4,18H/p-1. The predicted octanol–water partition coefficient (Wildman–Crippen LogP) is 2.58. The second-order valence-electron chi connectivity index (χ2n) is 3.45. The molecule has 1 nitrogen and oxygen atoms in total. The number of rotatable bonds is 1. The molecule has 0 heterocycles. The van der Waals surface area contributed by atoms with Gasteiger partial charge in [-0.2, -0.15) is 0 Å². The maximum atomic E-state index is 13.3. The Morgan fingerprint density at radius 1 is 0.722 bits per heavy atom. The first kappa shape index (κ1) is 12.3. The third-order valence-corrected chi connectivity index (χ3v) is 2.36. The quantitative estimate of drug-likeness (QED) is 0.329. The molecule has 0 atom stereocenters. The van der Waals surface area contributed by atoms with Crippen molar-refractivity contribution in [3.8, 4) is 0 Å². The van der Waals surface area contributed by atoms with Gasteiger partial charge < -0.3 is 5.11 Å². The van der Waals surface area contributed by atoms with E-state index in [2.05, 4.69) is 0 Å². The molecule has 2 rings (SSSR count). The molecule has 0 unspecified atom stereocenters. The number of hydrogen-bond acceptors (Lipinski definition) is 1. The molecule has 18 heavy (non-hydrogen) atoms. The first-order valence-electron chi connectivity index (χ1n) is 4.73. The van der Waals surface area contributed by atoms with Crippen molar-refractivity contribution in [3.63, 3.8) is 0 Å². The van der Waals surface area contributed by atoms with Crippen LogP contribution in [0.3, 0.4) is 0 Å². The van der Waals surface area contributed by atoms with Gasteiger partial charge in [-0.3, -0.25) is 0 Å². The van der Waals surface area contributed by atoms with Crippen molar-refractivity contribution in [1.82, 2.24) is 0 Å². The molecule has 1 aromatic rings. The molecule has 0 saturated heterocycles. The molecule has 94 valence electrons. The number of hydrogen-bond donors (Lipinski definition) is 0. The van der Waals surface area contributed by atoms with Crippen LogP contribution in [0.1, 0.15) is 5.56 Å². The fourth-order valence-electron chi connectivity index (χ4n) is 1.47. The van der Waals surface area contributed by atoms with Gasteiger partial charge in [-0.05, 0) is 5.57 Å². The summed E-state index contributed by atoms with van der Waals surface area (Å²) in [5.74, 6) is -12.1. The second-order valence-corrected chi connectivity index (χ2v) is 3.45. The SMILES string of the molecule is [O-]C(=C1C=CC=C1)c1c(F)c(F)c(F)c(F)c1F. The van der Waals surface area contributed by atoms with E-state index in [1.807, 2.05) is 0 Å². The molecule has 1 aromatic carbocycles. The summed E-state index contributed by atoms with van der Waals surface area (Å²) in [6, 6.07) is 0. The van der Waals surface area contributed by atoms with Crippen LogP contribution in [0, 0.1) is 29.1 Å². The van der Waals surface area contributed by atoms with E-state index in [1.54, 1.807) is 0 Å². The molecule has 0 spiro atoms. The summed E-state index contributed by atoms with van der Waals surface area (Å²) in [5.41, 5.74) is -1.60. The molecular formula is C12H4F5O-. The summed E-state index contributed by atoms with van der Waals surface area (Å²) in [6.45, 7) is 0. The van der Waals surface area contributed by atoms with Crippen molar-refractivity contribution in [2.24, 2.45) is 0 Å². The van der Waals surface area contributed by atoms with E-state index in [4.69, 9.17) is 0 Å². The maximum Gasteiger partial charge on any atom is 0.200 e. The Balaban J connectivity index is 2.77. The van der Waals surface area contributed by atoms with Crippen LogP contribution in [-0.4, -0.2) is 0 Å². The summed E-state index contributed by atoms with van der Waals surface area (Å²) < 4.78 is 65.2. The van der Waals surface area contributed by atoms with Gasteiger partial charge in [0.1, 0.15) is 0 Å². The minimum Gasteiger partial charge on any atom is -0.872 e. The van der Waals surface area contributed by atoms with Crippen LogP contribution in [-0.2, 0) is 0 Å². The first-order chi connectivity index (χ1) is 8.45. The lowest BCUT2D eigenvalue weighted by Gasteiger charge is -2.17. The summed E-state index contributed by atoms with van der Waals surface area (Å²) in [4.78, 5) is 0. The Kier molecular flexibility index (Phi) is 2.94. The Hall–Kier alpha value is -2.11. The number of benzene rings is 1. The van der Waals surface area contributed by atoms with E-state index in [0.717, 1.165) is 0 Å². The van der Waals surface area contributed by atoms with E-state index in [0.29, 0.717) is 0 Å². The van der Waals surface area contributed by atoms with Gasteiger partial charge in [0, 0.05) is 5.56 Å². The summed E-state index contributed by atoms with van der Waals surface area (Å²) >= 11 is 0. The van der Waals surface area contributed by atoms with E-state index in [-0.39, 0.29) is 5.57 Å². The van der Waals surface area contributed by atoms with Crippen LogP contribution in [0.15, 0.2) is 29.9 Å². The summed E-state index contributed by atoms with van der Waals surface area (Å²) in [7, 11) is 0. The molecule has 0 N–H and O–H groups in total. The lowest BCUT2D eigenvalue weighted by Crippen LogP contribution is -2.14. The van der Waals surface area contributed by atoms with Crippen LogP contribution >= 0.6 is 0 Å². The Morgan fingerprint density at radius 2 is 1.11 bits per heavy atom. The van der Waals surface area contributed by atoms with E-state index < -0.39 is 40.4 Å². The Morgan fingerprint density at radius 3 is 1.56 bits per heavy atom. The summed E-state index contributed by atoms with van der Waals surface area (Å²) in [6.07, 6.45) is 5.22. The predicted molar refractivity (Wildman–Crippen MR) is 51.4 cm³/mol. The van der Waals surface area contributed by atoms with Crippen LogP contribution in [0.2, 0.25) is 0 Å². The lowest BCUT2D eigenvalue weighted by atomic mass is 10.1. The van der Waals surface area contributed by atoms with Gasteiger partial charge in [-0.25, -0.2) is 22.0 Å². The monoisotopic (exact) mass is 259 g/mol. The molecule has 0 radical (unpaired) electrons. The van der Waals surface area contributed by atoms with E-state index in [1.165, 1.54) is 24.3 Å². The van der Waals surface area contributed by atoms with Crippen LogP contribution in [0.5, 0.6) is 0 Å². The molecule has 6 heteroatoms. The molecule has 0 bridgehead atoms. The molecule has 0 fully saturated rings. The van der Waals surface area contributed by atoms with Gasteiger partial charge in [0.25, 0.3) is 0 Å². The second kappa shape index (κ2) is 4.29. The highest BCUT2D eigenvalue weighted by Crippen LogP contribution is 2.28. The fourth-order valence-corrected chi connectivity index (χ4v) is 1.47. The molecule has 0 aromatic heterocycles. The number of halogens is 5. The van der Waals surface area contributed by atoms with Gasteiger partial charge in [0.2, 0.25) is 5.82 Å². The fraction of sp³-hybridized carbons (Fsp3) is 0.